The highest BCUT2D eigenvalue weighted by Crippen LogP contribution is 2.22. The molecule has 0 saturated heterocycles. The molecule has 0 aromatic carbocycles. The third-order valence-corrected chi connectivity index (χ3v) is 2.02. The van der Waals surface area contributed by atoms with Gasteiger partial charge in [-0.15, -0.1) is 12.3 Å². The molecule has 1 heterocycles. The molecule has 92 valence electrons. The van der Waals surface area contributed by atoms with E-state index in [1.54, 1.807) is 6.07 Å². The molecule has 5 heteroatoms. The van der Waals surface area contributed by atoms with E-state index in [9.17, 15) is 0 Å². The summed E-state index contributed by atoms with van der Waals surface area (Å²) < 4.78 is 5.44. The molecular weight excluding hydrogens is 216 g/mol. The summed E-state index contributed by atoms with van der Waals surface area (Å²) in [6.07, 6.45) is 5.69. The summed E-state index contributed by atoms with van der Waals surface area (Å²) in [4.78, 5) is 8.61. The number of nitrogen functional groups attached to an aromatic ring is 1. The molecule has 1 aromatic rings. The van der Waals surface area contributed by atoms with Crippen LogP contribution < -0.4 is 16.0 Å². The lowest BCUT2D eigenvalue weighted by molar-refractivity contribution is 0.310. The van der Waals surface area contributed by atoms with E-state index < -0.39 is 0 Å². The van der Waals surface area contributed by atoms with E-state index in [1.807, 2.05) is 20.8 Å². The molecule has 0 radical (unpaired) electrons. The van der Waals surface area contributed by atoms with E-state index in [2.05, 4.69) is 21.3 Å². The van der Waals surface area contributed by atoms with Gasteiger partial charge in [-0.25, -0.2) is 10.8 Å². The summed E-state index contributed by atoms with van der Waals surface area (Å²) in [6.45, 7) is 6.50. The Morgan fingerprint density at radius 1 is 1.47 bits per heavy atom. The van der Waals surface area contributed by atoms with E-state index in [-0.39, 0.29) is 5.41 Å². The van der Waals surface area contributed by atoms with Crippen LogP contribution in [0.15, 0.2) is 6.07 Å². The molecule has 0 fully saturated rings. The summed E-state index contributed by atoms with van der Waals surface area (Å²) in [5, 5.41) is 0. The zero-order valence-corrected chi connectivity index (χ0v) is 10.4. The lowest BCUT2D eigenvalue weighted by Gasteiger charge is -2.18. The van der Waals surface area contributed by atoms with Crippen LogP contribution in [0.3, 0.4) is 0 Å². The van der Waals surface area contributed by atoms with Crippen LogP contribution in [-0.2, 0) is 5.41 Å². The second kappa shape index (κ2) is 5.51. The molecule has 0 spiro atoms. The summed E-state index contributed by atoms with van der Waals surface area (Å²) in [7, 11) is 0. The number of nitrogens with one attached hydrogen (secondary N) is 1. The Balaban J connectivity index is 2.94. The SMILES string of the molecule is C#CCCOc1cc(NN)nc(C(C)(C)C)n1. The number of nitrogens with zero attached hydrogens (tertiary/aromatic N) is 2. The average Bonchev–Trinajstić information content (AvgIpc) is 2.28. The van der Waals surface area contributed by atoms with Gasteiger partial charge in [0.15, 0.2) is 0 Å². The number of terminal acetylenes is 1. The number of hydrazine groups is 1. The van der Waals surface area contributed by atoms with Gasteiger partial charge < -0.3 is 10.2 Å². The van der Waals surface area contributed by atoms with Crippen molar-refractivity contribution in [3.63, 3.8) is 0 Å². The molecule has 0 aliphatic rings. The van der Waals surface area contributed by atoms with Gasteiger partial charge in [-0.2, -0.15) is 4.98 Å². The quantitative estimate of drug-likeness (QED) is 0.357. The Kier molecular flexibility index (Phi) is 4.30. The molecule has 1 aromatic heterocycles. The van der Waals surface area contributed by atoms with Gasteiger partial charge in [0, 0.05) is 17.9 Å². The summed E-state index contributed by atoms with van der Waals surface area (Å²) in [5.74, 6) is 9.54. The zero-order chi connectivity index (χ0) is 12.9. The topological polar surface area (TPSA) is 73.1 Å². The Morgan fingerprint density at radius 2 is 2.18 bits per heavy atom. The molecule has 0 atom stereocenters. The van der Waals surface area contributed by atoms with Crippen LogP contribution in [0.4, 0.5) is 5.82 Å². The van der Waals surface area contributed by atoms with Crippen LogP contribution >= 0.6 is 0 Å². The van der Waals surface area contributed by atoms with Gasteiger partial charge in [-0.3, -0.25) is 0 Å². The Labute approximate surface area is 102 Å². The van der Waals surface area contributed by atoms with Gasteiger partial charge in [-0.05, 0) is 0 Å². The van der Waals surface area contributed by atoms with E-state index >= 15 is 0 Å². The maximum Gasteiger partial charge on any atom is 0.218 e. The van der Waals surface area contributed by atoms with E-state index in [4.69, 9.17) is 17.0 Å². The van der Waals surface area contributed by atoms with Crippen LogP contribution in [0.25, 0.3) is 0 Å². The van der Waals surface area contributed by atoms with Crippen LogP contribution in [0.5, 0.6) is 5.88 Å². The Morgan fingerprint density at radius 3 is 2.71 bits per heavy atom. The van der Waals surface area contributed by atoms with Gasteiger partial charge in [-0.1, -0.05) is 20.8 Å². The fourth-order valence-corrected chi connectivity index (χ4v) is 1.12. The van der Waals surface area contributed by atoms with Gasteiger partial charge in [0.2, 0.25) is 5.88 Å². The first-order valence-electron chi connectivity index (χ1n) is 5.40. The van der Waals surface area contributed by atoms with Gasteiger partial charge in [0.05, 0.1) is 0 Å². The molecular formula is C12H18N4O. The monoisotopic (exact) mass is 234 g/mol. The van der Waals surface area contributed by atoms with E-state index in [1.165, 1.54) is 0 Å². The second-order valence-electron chi connectivity index (χ2n) is 4.61. The smallest absolute Gasteiger partial charge is 0.218 e. The number of nitrogens with two attached hydrogens (primary N) is 1. The fourth-order valence-electron chi connectivity index (χ4n) is 1.12. The highest BCUT2D eigenvalue weighted by atomic mass is 16.5. The second-order valence-corrected chi connectivity index (χ2v) is 4.61. The van der Waals surface area contributed by atoms with Crippen molar-refractivity contribution in [2.45, 2.75) is 32.6 Å². The first kappa shape index (κ1) is 13.3. The van der Waals surface area contributed by atoms with Gasteiger partial charge in [0.1, 0.15) is 18.2 Å². The molecule has 1 rings (SSSR count). The number of hydrogen-bond acceptors (Lipinski definition) is 5. The van der Waals surface area contributed by atoms with Crippen molar-refractivity contribution in [1.82, 2.24) is 9.97 Å². The number of ether oxygens (including phenoxy) is 1. The predicted octanol–water partition coefficient (Wildman–Crippen LogP) is 1.46. The fraction of sp³-hybridized carbons (Fsp3) is 0.500. The highest BCUT2D eigenvalue weighted by molar-refractivity contribution is 5.37. The molecule has 3 N–H and O–H groups in total. The Hall–Kier alpha value is -1.80. The highest BCUT2D eigenvalue weighted by Gasteiger charge is 2.19. The average molecular weight is 234 g/mol. The minimum atomic E-state index is -0.170. The first-order valence-corrected chi connectivity index (χ1v) is 5.40. The normalized spacial score (nSPS) is 10.8. The number of aromatic nitrogens is 2. The number of anilines is 1. The van der Waals surface area contributed by atoms with Crippen molar-refractivity contribution >= 4 is 5.82 Å². The molecule has 0 unspecified atom stereocenters. The number of rotatable bonds is 4. The molecule has 0 amide bonds. The lowest BCUT2D eigenvalue weighted by Crippen LogP contribution is -2.19. The summed E-state index contributed by atoms with van der Waals surface area (Å²) in [6, 6.07) is 1.64. The largest absolute Gasteiger partial charge is 0.477 e. The molecule has 0 aliphatic heterocycles. The van der Waals surface area contributed by atoms with Crippen molar-refractivity contribution in [3.05, 3.63) is 11.9 Å². The van der Waals surface area contributed by atoms with Crippen molar-refractivity contribution in [2.24, 2.45) is 5.84 Å². The maximum absolute atomic E-state index is 5.44. The summed E-state index contributed by atoms with van der Waals surface area (Å²) >= 11 is 0. The Bertz CT molecular complexity index is 417. The predicted molar refractivity (Wildman–Crippen MR) is 67.5 cm³/mol. The van der Waals surface area contributed by atoms with Gasteiger partial charge >= 0.3 is 0 Å². The van der Waals surface area contributed by atoms with E-state index in [0.29, 0.717) is 30.5 Å². The molecule has 0 saturated carbocycles. The third kappa shape index (κ3) is 3.93. The van der Waals surface area contributed by atoms with Crippen LogP contribution in [0.2, 0.25) is 0 Å². The lowest BCUT2D eigenvalue weighted by atomic mass is 9.96. The minimum Gasteiger partial charge on any atom is -0.477 e. The molecule has 0 aliphatic carbocycles. The van der Waals surface area contributed by atoms with Crippen LogP contribution in [0, 0.1) is 12.3 Å². The van der Waals surface area contributed by atoms with Crippen molar-refractivity contribution in [3.8, 4) is 18.2 Å². The molecule has 5 nitrogen and oxygen atoms in total. The van der Waals surface area contributed by atoms with E-state index in [0.717, 1.165) is 0 Å². The third-order valence-electron chi connectivity index (χ3n) is 2.02. The molecule has 0 bridgehead atoms. The van der Waals surface area contributed by atoms with Crippen LogP contribution in [0.1, 0.15) is 33.0 Å². The van der Waals surface area contributed by atoms with Crippen LogP contribution in [-0.4, -0.2) is 16.6 Å². The van der Waals surface area contributed by atoms with Crippen molar-refractivity contribution in [2.75, 3.05) is 12.0 Å². The minimum absolute atomic E-state index is 0.170. The van der Waals surface area contributed by atoms with Crippen molar-refractivity contribution < 1.29 is 4.74 Å². The number of hydrogen-bond donors (Lipinski definition) is 2. The maximum atomic E-state index is 5.44. The summed E-state index contributed by atoms with van der Waals surface area (Å²) in [5.41, 5.74) is 2.33. The van der Waals surface area contributed by atoms with Gasteiger partial charge in [0.25, 0.3) is 0 Å². The van der Waals surface area contributed by atoms with Crippen molar-refractivity contribution in [1.29, 1.82) is 0 Å². The zero-order valence-electron chi connectivity index (χ0n) is 10.4. The molecule has 17 heavy (non-hydrogen) atoms. The first-order chi connectivity index (χ1) is 7.97. The standard InChI is InChI=1S/C12H18N4O/c1-5-6-7-17-10-8-9(16-13)14-11(15-10)12(2,3)4/h1,8H,6-7,13H2,2-4H3,(H,14,15,16).